The Morgan fingerprint density at radius 1 is 0.970 bits per heavy atom. The summed E-state index contributed by atoms with van der Waals surface area (Å²) < 4.78 is 20.5. The summed E-state index contributed by atoms with van der Waals surface area (Å²) in [6.45, 7) is 21.5. The van der Waals surface area contributed by atoms with Gasteiger partial charge in [-0.2, -0.15) is 0 Å². The molecule has 9 atom stereocenters. The van der Waals surface area contributed by atoms with E-state index < -0.39 is 25.1 Å². The lowest BCUT2D eigenvalue weighted by Crippen LogP contribution is -2.75. The molecule has 0 unspecified atom stereocenters. The summed E-state index contributed by atoms with van der Waals surface area (Å²) in [5.41, 5.74) is 0.0628. The number of hydrogen-bond donors (Lipinski definition) is 1. The van der Waals surface area contributed by atoms with Crippen LogP contribution in [0.3, 0.4) is 0 Å². The zero-order valence-electron chi connectivity index (χ0n) is 22.9. The van der Waals surface area contributed by atoms with E-state index in [4.69, 9.17) is 13.9 Å². The molecular formula is C28H50O4Si. The molecule has 5 fully saturated rings. The highest BCUT2D eigenvalue weighted by molar-refractivity contribution is 6.77. The molecule has 0 radical (unpaired) electrons. The molecule has 5 aliphatic rings. The van der Waals surface area contributed by atoms with E-state index >= 15 is 0 Å². The van der Waals surface area contributed by atoms with E-state index in [9.17, 15) is 5.11 Å². The number of ether oxygens (including phenoxy) is 2. The number of aliphatic hydroxyl groups is 1. The lowest BCUT2D eigenvalue weighted by molar-refractivity contribution is -0.277. The van der Waals surface area contributed by atoms with Crippen molar-refractivity contribution in [2.45, 2.75) is 140 Å². The van der Waals surface area contributed by atoms with Crippen LogP contribution in [-0.4, -0.2) is 49.5 Å². The van der Waals surface area contributed by atoms with Gasteiger partial charge in [0.15, 0.2) is 0 Å². The predicted molar refractivity (Wildman–Crippen MR) is 135 cm³/mol. The van der Waals surface area contributed by atoms with Gasteiger partial charge in [0.2, 0.25) is 8.32 Å². The number of hydrogen-bond acceptors (Lipinski definition) is 4. The van der Waals surface area contributed by atoms with Crippen molar-refractivity contribution < 1.29 is 19.0 Å². The minimum absolute atomic E-state index is 0.159. The number of fused-ring (bicyclic) bond motifs is 2. The molecule has 4 aliphatic carbocycles. The smallest absolute Gasteiger partial charge is 0.200 e. The van der Waals surface area contributed by atoms with Gasteiger partial charge in [-0.1, -0.05) is 62.3 Å². The van der Waals surface area contributed by atoms with E-state index in [2.05, 4.69) is 62.3 Å². The third-order valence-electron chi connectivity index (χ3n) is 11.9. The monoisotopic (exact) mass is 478 g/mol. The van der Waals surface area contributed by atoms with Gasteiger partial charge in [0.1, 0.15) is 16.8 Å². The quantitative estimate of drug-likeness (QED) is 0.359. The Labute approximate surface area is 203 Å². The Balaban J connectivity index is 1.59. The Hall–Kier alpha value is 0.0569. The summed E-state index contributed by atoms with van der Waals surface area (Å²) in [5, 5.41) is 13.0. The number of epoxide rings is 1. The van der Waals surface area contributed by atoms with Crippen LogP contribution >= 0.6 is 0 Å². The molecule has 4 nitrogen and oxygen atoms in total. The summed E-state index contributed by atoms with van der Waals surface area (Å²) >= 11 is 0. The van der Waals surface area contributed by atoms with Crippen LogP contribution in [0.5, 0.6) is 0 Å². The third-order valence-corrected chi connectivity index (χ3v) is 18.0. The maximum Gasteiger partial charge on any atom is 0.200 e. The van der Waals surface area contributed by atoms with Crippen LogP contribution in [0.25, 0.3) is 0 Å². The van der Waals surface area contributed by atoms with Gasteiger partial charge in [-0.05, 0) is 71.4 Å². The number of rotatable bonds is 6. The lowest BCUT2D eigenvalue weighted by atomic mass is 9.51. The predicted octanol–water partition coefficient (Wildman–Crippen LogP) is 6.32. The van der Waals surface area contributed by atoms with Crippen molar-refractivity contribution in [1.82, 2.24) is 0 Å². The first-order chi connectivity index (χ1) is 15.3. The summed E-state index contributed by atoms with van der Waals surface area (Å²) in [5.74, 6) is 1.75. The molecule has 1 spiro atoms. The first-order valence-electron chi connectivity index (χ1n) is 13.9. The summed E-state index contributed by atoms with van der Waals surface area (Å²) in [6, 6.07) is 0. The second-order valence-corrected chi connectivity index (χ2v) is 19.5. The Morgan fingerprint density at radius 3 is 2.12 bits per heavy atom. The van der Waals surface area contributed by atoms with E-state index in [1.807, 2.05) is 7.11 Å². The fourth-order valence-electron chi connectivity index (χ4n) is 10.4. The zero-order chi connectivity index (χ0) is 24.4. The van der Waals surface area contributed by atoms with Crippen molar-refractivity contribution in [3.63, 3.8) is 0 Å². The van der Waals surface area contributed by atoms with Crippen molar-refractivity contribution in [3.8, 4) is 0 Å². The van der Waals surface area contributed by atoms with Crippen LogP contribution in [0, 0.1) is 29.1 Å². The Morgan fingerprint density at radius 2 is 1.58 bits per heavy atom. The molecular weight excluding hydrogens is 428 g/mol. The average molecular weight is 479 g/mol. The van der Waals surface area contributed by atoms with Gasteiger partial charge < -0.3 is 19.0 Å². The molecule has 190 valence electrons. The molecule has 0 aromatic carbocycles. The van der Waals surface area contributed by atoms with Gasteiger partial charge in [0.25, 0.3) is 0 Å². The molecule has 1 saturated heterocycles. The minimum atomic E-state index is -2.03. The highest BCUT2D eigenvalue weighted by atomic mass is 28.4. The van der Waals surface area contributed by atoms with E-state index in [0.717, 1.165) is 25.7 Å². The third kappa shape index (κ3) is 2.78. The van der Waals surface area contributed by atoms with Gasteiger partial charge in [-0.15, -0.1) is 0 Å². The zero-order valence-corrected chi connectivity index (χ0v) is 23.9. The molecule has 5 rings (SSSR count). The van der Waals surface area contributed by atoms with Gasteiger partial charge >= 0.3 is 0 Å². The molecule has 33 heavy (non-hydrogen) atoms. The largest absolute Gasteiger partial charge is 0.413 e. The van der Waals surface area contributed by atoms with E-state index in [0.29, 0.717) is 34.4 Å². The number of methoxy groups -OCH3 is 1. The Kier molecular flexibility index (Phi) is 5.48. The van der Waals surface area contributed by atoms with E-state index in [1.165, 1.54) is 6.42 Å². The van der Waals surface area contributed by atoms with Crippen molar-refractivity contribution >= 4 is 8.32 Å². The highest BCUT2D eigenvalue weighted by Crippen LogP contribution is 2.78. The fourth-order valence-corrected chi connectivity index (χ4v) is 16.0. The normalized spacial score (nSPS) is 50.0. The van der Waals surface area contributed by atoms with Gasteiger partial charge in [0, 0.05) is 19.6 Å². The minimum Gasteiger partial charge on any atom is -0.413 e. The van der Waals surface area contributed by atoms with Gasteiger partial charge in [-0.3, -0.25) is 0 Å². The van der Waals surface area contributed by atoms with Crippen LogP contribution in [0.15, 0.2) is 0 Å². The van der Waals surface area contributed by atoms with Crippen LogP contribution in [0.2, 0.25) is 16.6 Å². The van der Waals surface area contributed by atoms with Gasteiger partial charge in [-0.25, -0.2) is 0 Å². The van der Waals surface area contributed by atoms with Crippen molar-refractivity contribution in [2.75, 3.05) is 7.11 Å². The lowest BCUT2D eigenvalue weighted by Gasteiger charge is -2.61. The summed E-state index contributed by atoms with van der Waals surface area (Å²) in [6.07, 6.45) is 5.18. The van der Waals surface area contributed by atoms with Crippen molar-refractivity contribution in [1.29, 1.82) is 0 Å². The summed E-state index contributed by atoms with van der Waals surface area (Å²) in [4.78, 5) is 0. The molecule has 0 aromatic heterocycles. The van der Waals surface area contributed by atoms with Crippen LogP contribution < -0.4 is 0 Å². The second-order valence-electron chi connectivity index (χ2n) is 14.1. The molecule has 0 bridgehead atoms. The maximum atomic E-state index is 13.0. The first-order valence-corrected chi connectivity index (χ1v) is 16.0. The van der Waals surface area contributed by atoms with E-state index in [1.54, 1.807) is 0 Å². The van der Waals surface area contributed by atoms with Crippen LogP contribution in [0.1, 0.15) is 94.4 Å². The maximum absolute atomic E-state index is 13.0. The molecule has 5 heteroatoms. The van der Waals surface area contributed by atoms with Crippen molar-refractivity contribution in [3.05, 3.63) is 0 Å². The standard InChI is InChI=1S/C28H50O4Si/c1-16(2)33(17(3)4,18(5)6)32-20-14-22-24-21(25(24,8)9)13-19(7)27-23(31-27)11-12-26(15-20,30-10)28(22,27)29/h16-24,29H,11-15H2,1-10H3/t19-,20+,21-,22+,23+,24-,26-,27+,28-/m1/s1. The Bertz CT molecular complexity index is 773. The SMILES string of the molecule is CO[C@]12CC[C@@H]3O[C@@]34[C@H](C)C[C@@H]3[C@H]([C@H](C[C@H](O[Si](C(C)C)(C(C)C)C(C)C)C1)[C@@]24O)C3(C)C. The molecule has 1 aliphatic heterocycles. The molecule has 1 heterocycles. The highest BCUT2D eigenvalue weighted by Gasteiger charge is 2.87. The molecule has 0 aromatic rings. The first kappa shape index (κ1) is 24.7. The molecule has 4 saturated carbocycles. The van der Waals surface area contributed by atoms with Gasteiger partial charge in [0.05, 0.1) is 6.10 Å². The topological polar surface area (TPSA) is 51.2 Å². The molecule has 1 N–H and O–H groups in total. The molecule has 0 amide bonds. The average Bonchev–Trinajstić information content (AvgIpc) is 3.59. The summed E-state index contributed by atoms with van der Waals surface area (Å²) in [7, 11) is -0.186. The van der Waals surface area contributed by atoms with Crippen LogP contribution in [-0.2, 0) is 13.9 Å². The van der Waals surface area contributed by atoms with Crippen molar-refractivity contribution in [2.24, 2.45) is 29.1 Å². The fraction of sp³-hybridized carbons (Fsp3) is 1.00. The second kappa shape index (κ2) is 7.31. The van der Waals surface area contributed by atoms with Crippen LogP contribution in [0.4, 0.5) is 0 Å². The van der Waals surface area contributed by atoms with E-state index in [-0.39, 0.29) is 23.5 Å².